The van der Waals surface area contributed by atoms with Crippen molar-refractivity contribution in [3.8, 4) is 0 Å². The maximum absolute atomic E-state index is 10.2. The minimum absolute atomic E-state index is 0.0628. The second-order valence-electron chi connectivity index (χ2n) is 3.62. The third-order valence-electron chi connectivity index (χ3n) is 1.84. The molecule has 0 atom stereocenters. The molecule has 0 aromatic rings. The number of carbonyl (C=O) groups excluding carboxylic acids is 1. The number of hydrogen-bond donors (Lipinski definition) is 4. The Morgan fingerprint density at radius 1 is 0.550 bits per heavy atom. The van der Waals surface area contributed by atoms with Gasteiger partial charge in [-0.2, -0.15) is 0 Å². The summed E-state index contributed by atoms with van der Waals surface area (Å²) in [4.78, 5) is 49.5. The fourth-order valence-corrected chi connectivity index (χ4v) is 0.880. The molecule has 0 heterocycles. The van der Waals surface area contributed by atoms with Crippen LogP contribution in [0.1, 0.15) is 38.5 Å². The lowest BCUT2D eigenvalue weighted by Gasteiger charge is -1.92. The van der Waals surface area contributed by atoms with Crippen molar-refractivity contribution in [2.24, 2.45) is 0 Å². The molecule has 0 bridgehead atoms. The molecule has 0 rings (SSSR count). The van der Waals surface area contributed by atoms with Crippen LogP contribution in [0.15, 0.2) is 0 Å². The smallest absolute Gasteiger partial charge is 0.372 e. The maximum atomic E-state index is 10.2. The molecule has 0 aliphatic heterocycles. The van der Waals surface area contributed by atoms with Crippen molar-refractivity contribution in [1.29, 1.82) is 0 Å². The van der Waals surface area contributed by atoms with Gasteiger partial charge in [-0.05, 0) is 12.8 Å². The van der Waals surface area contributed by atoms with E-state index >= 15 is 0 Å². The van der Waals surface area contributed by atoms with Crippen molar-refractivity contribution in [1.82, 2.24) is 0 Å². The van der Waals surface area contributed by atoms with Crippen molar-refractivity contribution < 1.29 is 44.4 Å². The van der Waals surface area contributed by atoms with Gasteiger partial charge in [0.2, 0.25) is 5.78 Å². The molecule has 0 amide bonds. The fourth-order valence-electron chi connectivity index (χ4n) is 0.880. The van der Waals surface area contributed by atoms with Crippen LogP contribution >= 0.6 is 0 Å². The number of carbonyl (C=O) groups is 5. The van der Waals surface area contributed by atoms with Crippen LogP contribution < -0.4 is 0 Å². The molecule has 0 saturated heterocycles. The van der Waals surface area contributed by atoms with Gasteiger partial charge in [0, 0.05) is 19.3 Å². The molecular weight excluding hydrogens is 276 g/mol. The molecule has 114 valence electrons. The first-order valence-corrected chi connectivity index (χ1v) is 5.58. The van der Waals surface area contributed by atoms with Gasteiger partial charge < -0.3 is 20.4 Å². The molecule has 9 heteroatoms. The van der Waals surface area contributed by atoms with Crippen LogP contribution in [0.2, 0.25) is 0 Å². The first-order valence-electron chi connectivity index (χ1n) is 5.58. The second-order valence-corrected chi connectivity index (χ2v) is 3.62. The van der Waals surface area contributed by atoms with Crippen molar-refractivity contribution in [2.75, 3.05) is 0 Å². The molecule has 0 aliphatic carbocycles. The largest absolute Gasteiger partial charge is 0.481 e. The molecule has 4 N–H and O–H groups in total. The molecule has 0 aliphatic rings. The summed E-state index contributed by atoms with van der Waals surface area (Å²) in [5, 5.41) is 32.2. The van der Waals surface area contributed by atoms with Gasteiger partial charge in [0.15, 0.2) is 0 Å². The number of rotatable bonds is 9. The standard InChI is InChI=1S/C6H10O4.C5H6O5/c7-5(8)3-1-2-4-6(9)10;6-3(5(9)10)1-2-4(7)8/h1-4H2,(H,7,8)(H,9,10);1-2H2,(H,7,8)(H,9,10). The Morgan fingerprint density at radius 3 is 1.15 bits per heavy atom. The molecule has 0 saturated carbocycles. The number of carboxylic acids is 4. The number of Topliss-reactive ketones (excluding diaryl/α,β-unsaturated/α-hetero) is 1. The van der Waals surface area contributed by atoms with Crippen molar-refractivity contribution in [2.45, 2.75) is 38.5 Å². The molecule has 0 fully saturated rings. The van der Waals surface area contributed by atoms with Crippen LogP contribution in [-0.2, 0) is 24.0 Å². The molecule has 0 aromatic carbocycles. The lowest BCUT2D eigenvalue weighted by Crippen LogP contribution is -2.13. The van der Waals surface area contributed by atoms with Crippen LogP contribution in [0.5, 0.6) is 0 Å². The summed E-state index contributed by atoms with van der Waals surface area (Å²) in [5.74, 6) is -5.56. The van der Waals surface area contributed by atoms with Gasteiger partial charge in [0.05, 0.1) is 6.42 Å². The molecule has 0 aromatic heterocycles. The summed E-state index contributed by atoms with van der Waals surface area (Å²) in [6.45, 7) is 0. The van der Waals surface area contributed by atoms with Crippen LogP contribution in [-0.4, -0.2) is 50.1 Å². The first-order chi connectivity index (χ1) is 9.16. The zero-order valence-electron chi connectivity index (χ0n) is 10.6. The van der Waals surface area contributed by atoms with Gasteiger partial charge in [-0.1, -0.05) is 0 Å². The fraction of sp³-hybridized carbons (Fsp3) is 0.545. The highest BCUT2D eigenvalue weighted by Gasteiger charge is 2.12. The van der Waals surface area contributed by atoms with Gasteiger partial charge in [-0.15, -0.1) is 0 Å². The average Bonchev–Trinajstić information content (AvgIpc) is 2.31. The minimum atomic E-state index is -1.58. The van der Waals surface area contributed by atoms with E-state index in [-0.39, 0.29) is 12.8 Å². The van der Waals surface area contributed by atoms with Gasteiger partial charge in [0.25, 0.3) is 0 Å². The van der Waals surface area contributed by atoms with Crippen LogP contribution in [0.3, 0.4) is 0 Å². The summed E-state index contributed by atoms with van der Waals surface area (Å²) < 4.78 is 0. The summed E-state index contributed by atoms with van der Waals surface area (Å²) >= 11 is 0. The third kappa shape index (κ3) is 17.9. The van der Waals surface area contributed by atoms with Gasteiger partial charge in [0.1, 0.15) is 0 Å². The van der Waals surface area contributed by atoms with Gasteiger partial charge >= 0.3 is 23.9 Å². The van der Waals surface area contributed by atoms with E-state index in [0.717, 1.165) is 0 Å². The lowest BCUT2D eigenvalue weighted by atomic mass is 10.2. The number of carboxylic acid groups (broad SMARTS) is 4. The zero-order chi connectivity index (χ0) is 16.1. The summed E-state index contributed by atoms with van der Waals surface area (Å²) in [6, 6.07) is 0. The van der Waals surface area contributed by atoms with Crippen molar-refractivity contribution >= 4 is 29.7 Å². The highest BCUT2D eigenvalue weighted by Crippen LogP contribution is 1.98. The zero-order valence-corrected chi connectivity index (χ0v) is 10.6. The Balaban J connectivity index is 0. The Bertz CT molecular complexity index is 356. The van der Waals surface area contributed by atoms with E-state index in [0.29, 0.717) is 12.8 Å². The van der Waals surface area contributed by atoms with E-state index in [9.17, 15) is 24.0 Å². The number of hydrogen-bond acceptors (Lipinski definition) is 5. The summed E-state index contributed by atoms with van der Waals surface area (Å²) in [7, 11) is 0. The molecule has 0 unspecified atom stereocenters. The van der Waals surface area contributed by atoms with Crippen LogP contribution in [0.4, 0.5) is 0 Å². The monoisotopic (exact) mass is 292 g/mol. The van der Waals surface area contributed by atoms with E-state index in [1.165, 1.54) is 0 Å². The maximum Gasteiger partial charge on any atom is 0.372 e. The Hall–Kier alpha value is -2.45. The quantitative estimate of drug-likeness (QED) is 0.343. The molecule has 20 heavy (non-hydrogen) atoms. The average molecular weight is 292 g/mol. The van der Waals surface area contributed by atoms with E-state index in [4.69, 9.17) is 20.4 Å². The predicted octanol–water partition coefficient (Wildman–Crippen LogP) is 0.221. The van der Waals surface area contributed by atoms with Gasteiger partial charge in [-0.25, -0.2) is 4.79 Å². The summed E-state index contributed by atoms with van der Waals surface area (Å²) in [6.07, 6.45) is 0.152. The van der Waals surface area contributed by atoms with Gasteiger partial charge in [-0.3, -0.25) is 19.2 Å². The highest BCUT2D eigenvalue weighted by molar-refractivity contribution is 6.32. The SMILES string of the molecule is O=C(O)CCC(=O)C(=O)O.O=C(O)CCCCC(=O)O. The van der Waals surface area contributed by atoms with Crippen molar-refractivity contribution in [3.05, 3.63) is 0 Å². The Morgan fingerprint density at radius 2 is 0.900 bits per heavy atom. The number of unbranched alkanes of at least 4 members (excludes halogenated alkanes) is 1. The van der Waals surface area contributed by atoms with Crippen LogP contribution in [0, 0.1) is 0 Å². The topological polar surface area (TPSA) is 166 Å². The Labute approximate surface area is 113 Å². The molecule has 0 spiro atoms. The molecular formula is C11H16O9. The van der Waals surface area contributed by atoms with E-state index < -0.39 is 42.5 Å². The Kier molecular flexibility index (Phi) is 11.6. The third-order valence-corrected chi connectivity index (χ3v) is 1.84. The predicted molar refractivity (Wildman–Crippen MR) is 63.3 cm³/mol. The van der Waals surface area contributed by atoms with Crippen LogP contribution in [0.25, 0.3) is 0 Å². The first kappa shape index (κ1) is 19.9. The second kappa shape index (κ2) is 11.6. The van der Waals surface area contributed by atoms with E-state index in [1.807, 2.05) is 0 Å². The van der Waals surface area contributed by atoms with E-state index in [2.05, 4.69) is 0 Å². The normalized spacial score (nSPS) is 9.00. The highest BCUT2D eigenvalue weighted by atomic mass is 16.4. The van der Waals surface area contributed by atoms with Crippen molar-refractivity contribution in [3.63, 3.8) is 0 Å². The summed E-state index contributed by atoms with van der Waals surface area (Å²) in [5.41, 5.74) is 0. The number of ketones is 1. The van der Waals surface area contributed by atoms with E-state index in [1.54, 1.807) is 0 Å². The molecule has 9 nitrogen and oxygen atoms in total. The lowest BCUT2D eigenvalue weighted by molar-refractivity contribution is -0.149. The minimum Gasteiger partial charge on any atom is -0.481 e. The number of aliphatic carboxylic acids is 4. The molecule has 0 radical (unpaired) electrons.